The summed E-state index contributed by atoms with van der Waals surface area (Å²) in [6.07, 6.45) is 1.52. The van der Waals surface area contributed by atoms with Crippen LogP contribution in [0.15, 0.2) is 56.8 Å². The van der Waals surface area contributed by atoms with Gasteiger partial charge in [-0.05, 0) is 56.5 Å². The van der Waals surface area contributed by atoms with Crippen LogP contribution in [0.3, 0.4) is 0 Å². The van der Waals surface area contributed by atoms with E-state index in [1.54, 1.807) is 69.1 Å². The predicted octanol–water partition coefficient (Wildman–Crippen LogP) is 3.27. The minimum absolute atomic E-state index is 0.232. The number of methoxy groups -OCH3 is 2. The quantitative estimate of drug-likeness (QED) is 0.502. The second-order valence-corrected chi connectivity index (χ2v) is 9.65. The molecule has 3 aromatic rings. The zero-order chi connectivity index (χ0) is 23.7. The number of thiazole rings is 1. The highest BCUT2D eigenvalue weighted by atomic mass is 32.1. The molecule has 0 saturated heterocycles. The Morgan fingerprint density at radius 2 is 2.00 bits per heavy atom. The van der Waals surface area contributed by atoms with E-state index in [2.05, 4.69) is 4.99 Å². The fourth-order valence-electron chi connectivity index (χ4n) is 3.71. The molecule has 0 aliphatic carbocycles. The second kappa shape index (κ2) is 9.36. The molecular weight excluding hydrogens is 460 g/mol. The lowest BCUT2D eigenvalue weighted by Gasteiger charge is -2.26. The van der Waals surface area contributed by atoms with Crippen LogP contribution < -0.4 is 24.4 Å². The number of aromatic nitrogens is 1. The largest absolute Gasteiger partial charge is 0.497 e. The Morgan fingerprint density at radius 3 is 2.64 bits per heavy atom. The maximum atomic E-state index is 13.6. The van der Waals surface area contributed by atoms with E-state index in [9.17, 15) is 9.59 Å². The van der Waals surface area contributed by atoms with Crippen LogP contribution in [0.1, 0.15) is 37.3 Å². The molecule has 0 N–H and O–H groups in total. The summed E-state index contributed by atoms with van der Waals surface area (Å²) < 4.78 is 18.7. The lowest BCUT2D eigenvalue weighted by molar-refractivity contribution is -0.143. The molecule has 0 spiro atoms. The number of carbonyl (C=O) groups excluding carboxylic acids is 1. The predicted molar refractivity (Wildman–Crippen MR) is 129 cm³/mol. The molecule has 9 heteroatoms. The Balaban J connectivity index is 2.02. The highest BCUT2D eigenvalue weighted by Gasteiger charge is 2.35. The Morgan fingerprint density at radius 1 is 1.21 bits per heavy atom. The third kappa shape index (κ3) is 4.38. The van der Waals surface area contributed by atoms with Crippen molar-refractivity contribution < 1.29 is 19.0 Å². The second-order valence-electron chi connectivity index (χ2n) is 7.66. The highest BCUT2D eigenvalue weighted by Crippen LogP contribution is 2.38. The number of benzene rings is 1. The van der Waals surface area contributed by atoms with Crippen LogP contribution in [-0.4, -0.2) is 30.9 Å². The summed E-state index contributed by atoms with van der Waals surface area (Å²) in [5, 5.41) is 1.96. The van der Waals surface area contributed by atoms with Gasteiger partial charge in [0.1, 0.15) is 17.5 Å². The van der Waals surface area contributed by atoms with Gasteiger partial charge in [0.25, 0.3) is 5.56 Å². The van der Waals surface area contributed by atoms with E-state index >= 15 is 0 Å². The number of hydrogen-bond acceptors (Lipinski definition) is 8. The summed E-state index contributed by atoms with van der Waals surface area (Å²) in [7, 11) is 3.11. The van der Waals surface area contributed by atoms with E-state index in [-0.39, 0.29) is 11.7 Å². The summed E-state index contributed by atoms with van der Waals surface area (Å²) in [5.41, 5.74) is 1.18. The van der Waals surface area contributed by atoms with Crippen molar-refractivity contribution >= 4 is 34.7 Å². The average molecular weight is 485 g/mol. The SMILES string of the molecule is COc1ccc(OC)c(C2C(C(=O)OC(C)C)=C(C)N=c3s/c(=C\c4cccs4)c(=O)n32)c1. The Bertz CT molecular complexity index is 1400. The van der Waals surface area contributed by atoms with E-state index < -0.39 is 12.0 Å². The number of carbonyl (C=O) groups is 1. The molecule has 172 valence electrons. The molecule has 1 atom stereocenters. The first-order valence-electron chi connectivity index (χ1n) is 10.3. The van der Waals surface area contributed by atoms with Crippen LogP contribution in [0.5, 0.6) is 11.5 Å². The van der Waals surface area contributed by atoms with Crippen molar-refractivity contribution in [3.8, 4) is 11.5 Å². The normalized spacial score (nSPS) is 15.9. The van der Waals surface area contributed by atoms with Gasteiger partial charge in [0.2, 0.25) is 0 Å². The van der Waals surface area contributed by atoms with Gasteiger partial charge in [-0.3, -0.25) is 9.36 Å². The molecule has 1 aromatic carbocycles. The van der Waals surface area contributed by atoms with Gasteiger partial charge in [-0.25, -0.2) is 9.79 Å². The zero-order valence-electron chi connectivity index (χ0n) is 18.9. The number of esters is 1. The molecule has 0 saturated carbocycles. The molecule has 1 aliphatic heterocycles. The van der Waals surface area contributed by atoms with Gasteiger partial charge in [0.05, 0.1) is 36.1 Å². The molecule has 2 aromatic heterocycles. The van der Waals surface area contributed by atoms with Crippen LogP contribution in [-0.2, 0) is 9.53 Å². The molecule has 3 heterocycles. The van der Waals surface area contributed by atoms with Gasteiger partial charge in [-0.2, -0.15) is 0 Å². The van der Waals surface area contributed by atoms with Crippen LogP contribution in [0.4, 0.5) is 0 Å². The van der Waals surface area contributed by atoms with Crippen LogP contribution in [0.25, 0.3) is 6.08 Å². The summed E-state index contributed by atoms with van der Waals surface area (Å²) in [6.45, 7) is 5.32. The molecule has 7 nitrogen and oxygen atoms in total. The van der Waals surface area contributed by atoms with E-state index in [1.807, 2.05) is 23.6 Å². The monoisotopic (exact) mass is 484 g/mol. The van der Waals surface area contributed by atoms with E-state index in [0.29, 0.717) is 37.7 Å². The first-order valence-corrected chi connectivity index (χ1v) is 12.0. The standard InChI is InChI=1S/C24H24N2O5S2/c1-13(2)31-23(28)20-14(3)25-24-26(22(27)19(33-24)12-16-7-6-10-32-16)21(20)17-11-15(29-4)8-9-18(17)30-5/h6-13,21H,1-5H3/b19-12-. The number of rotatable bonds is 6. The van der Waals surface area contributed by atoms with Crippen molar-refractivity contribution in [1.82, 2.24) is 4.57 Å². The van der Waals surface area contributed by atoms with Gasteiger partial charge >= 0.3 is 5.97 Å². The van der Waals surface area contributed by atoms with Crippen molar-refractivity contribution in [1.29, 1.82) is 0 Å². The minimum atomic E-state index is -0.775. The third-order valence-electron chi connectivity index (χ3n) is 5.13. The summed E-state index contributed by atoms with van der Waals surface area (Å²) in [6, 6.07) is 8.41. The Hall–Kier alpha value is -3.17. The summed E-state index contributed by atoms with van der Waals surface area (Å²) >= 11 is 2.83. The fraction of sp³-hybridized carbons (Fsp3) is 0.292. The fourth-order valence-corrected chi connectivity index (χ4v) is 5.48. The first-order chi connectivity index (χ1) is 15.8. The molecular formula is C24H24N2O5S2. The van der Waals surface area contributed by atoms with Gasteiger partial charge in [-0.15, -0.1) is 11.3 Å². The molecule has 1 unspecified atom stereocenters. The Kier molecular flexibility index (Phi) is 6.53. The van der Waals surface area contributed by atoms with Crippen LogP contribution in [0, 0.1) is 0 Å². The molecule has 33 heavy (non-hydrogen) atoms. The molecule has 0 radical (unpaired) electrons. The number of thiophene rings is 1. The van der Waals surface area contributed by atoms with Crippen molar-refractivity contribution in [2.45, 2.75) is 32.9 Å². The molecule has 0 fully saturated rings. The van der Waals surface area contributed by atoms with E-state index in [4.69, 9.17) is 14.2 Å². The molecule has 0 amide bonds. The van der Waals surface area contributed by atoms with Crippen molar-refractivity contribution in [3.05, 3.63) is 77.1 Å². The summed E-state index contributed by atoms with van der Waals surface area (Å²) in [5.74, 6) is 0.588. The van der Waals surface area contributed by atoms with Crippen LogP contribution >= 0.6 is 22.7 Å². The maximum absolute atomic E-state index is 13.6. The average Bonchev–Trinajstić information content (AvgIpc) is 3.40. The van der Waals surface area contributed by atoms with Crippen LogP contribution in [0.2, 0.25) is 0 Å². The number of nitrogens with zero attached hydrogens (tertiary/aromatic N) is 2. The molecule has 0 bridgehead atoms. The van der Waals surface area contributed by atoms with Crippen molar-refractivity contribution in [2.24, 2.45) is 4.99 Å². The lowest BCUT2D eigenvalue weighted by Crippen LogP contribution is -2.40. The maximum Gasteiger partial charge on any atom is 0.338 e. The summed E-state index contributed by atoms with van der Waals surface area (Å²) in [4.78, 5) is 32.9. The number of ether oxygens (including phenoxy) is 3. The first kappa shape index (κ1) is 23.0. The van der Waals surface area contributed by atoms with Crippen molar-refractivity contribution in [3.63, 3.8) is 0 Å². The molecule has 4 rings (SSSR count). The lowest BCUT2D eigenvalue weighted by atomic mass is 9.94. The number of hydrogen-bond donors (Lipinski definition) is 0. The minimum Gasteiger partial charge on any atom is -0.497 e. The number of allylic oxidation sites excluding steroid dienone is 1. The van der Waals surface area contributed by atoms with Crippen molar-refractivity contribution in [2.75, 3.05) is 14.2 Å². The van der Waals surface area contributed by atoms with Gasteiger partial charge in [-0.1, -0.05) is 17.4 Å². The topological polar surface area (TPSA) is 79.1 Å². The smallest absolute Gasteiger partial charge is 0.338 e. The molecule has 1 aliphatic rings. The zero-order valence-corrected chi connectivity index (χ0v) is 20.6. The van der Waals surface area contributed by atoms with Gasteiger partial charge in [0, 0.05) is 10.4 Å². The van der Waals surface area contributed by atoms with Gasteiger partial charge in [0.15, 0.2) is 4.80 Å². The Labute approximate surface area is 198 Å². The number of fused-ring (bicyclic) bond motifs is 1. The van der Waals surface area contributed by atoms with E-state index in [1.165, 1.54) is 11.3 Å². The third-order valence-corrected chi connectivity index (χ3v) is 6.93. The van der Waals surface area contributed by atoms with Gasteiger partial charge < -0.3 is 14.2 Å². The highest BCUT2D eigenvalue weighted by molar-refractivity contribution is 7.11. The van der Waals surface area contributed by atoms with E-state index in [0.717, 1.165) is 4.88 Å².